The Hall–Kier alpha value is -7.64. The van der Waals surface area contributed by atoms with Crippen LogP contribution in [-0.4, -0.2) is 33.1 Å². The molecule has 1 N–H and O–H groups in total. The van der Waals surface area contributed by atoms with Gasteiger partial charge < -0.3 is 10.1 Å². The Morgan fingerprint density at radius 2 is 1.12 bits per heavy atom. The Morgan fingerprint density at radius 1 is 0.594 bits per heavy atom. The van der Waals surface area contributed by atoms with Crippen molar-refractivity contribution in [2.75, 3.05) is 18.5 Å². The molecule has 0 unspecified atom stereocenters. The lowest BCUT2D eigenvalue weighted by atomic mass is 10.0. The number of nitrogens with zero attached hydrogens (tertiary/aromatic N) is 9. The molecule has 2 aromatic heterocycles. The molecule has 14 heteroatoms. The van der Waals surface area contributed by atoms with Crippen molar-refractivity contribution >= 4 is 46.6 Å². The fourth-order valence-corrected chi connectivity index (χ4v) is 8.55. The van der Waals surface area contributed by atoms with Gasteiger partial charge in [-0.1, -0.05) is 186 Å². The van der Waals surface area contributed by atoms with Gasteiger partial charge in [0.15, 0.2) is 15.5 Å². The number of benzene rings is 6. The second kappa shape index (κ2) is 21.0. The van der Waals surface area contributed by atoms with Crippen LogP contribution in [0.4, 0.5) is 11.5 Å². The van der Waals surface area contributed by atoms with Crippen LogP contribution in [0, 0.1) is 22.7 Å². The highest BCUT2D eigenvalue weighted by atomic mass is 35.5. The number of rotatable bonds is 16. The van der Waals surface area contributed by atoms with Crippen LogP contribution in [0.1, 0.15) is 22.3 Å². The van der Waals surface area contributed by atoms with Crippen molar-refractivity contribution < 1.29 is 4.74 Å². The normalized spacial score (nSPS) is 10.6. The average molecular weight is 891 g/mol. The maximum Gasteiger partial charge on any atom is 0.190 e. The van der Waals surface area contributed by atoms with Gasteiger partial charge in [0.25, 0.3) is 0 Å². The number of hydrogen-bond donors (Lipinski definition) is 1. The monoisotopic (exact) mass is 890 g/mol. The number of anilines is 1. The minimum Gasteiger partial charge on any atom is -0.492 e. The Balaban J connectivity index is 0.947. The van der Waals surface area contributed by atoms with Crippen molar-refractivity contribution in [2.45, 2.75) is 21.8 Å². The molecule has 8 aromatic rings. The first-order chi connectivity index (χ1) is 31.5. The maximum absolute atomic E-state index is 10.4. The first-order valence-corrected chi connectivity index (χ1v) is 22.3. The van der Waals surface area contributed by atoms with Gasteiger partial charge in [0.2, 0.25) is 0 Å². The smallest absolute Gasteiger partial charge is 0.190 e. The van der Waals surface area contributed by atoms with Crippen molar-refractivity contribution in [2.24, 2.45) is 5.11 Å². The number of hydrogen-bond acceptors (Lipinski definition) is 11. The van der Waals surface area contributed by atoms with E-state index in [1.54, 1.807) is 12.1 Å². The lowest BCUT2D eigenvalue weighted by Gasteiger charge is -2.14. The zero-order chi connectivity index (χ0) is 44.1. The number of aromatic nitrogens is 4. The summed E-state index contributed by atoms with van der Waals surface area (Å²) in [6.45, 7) is 0.685. The van der Waals surface area contributed by atoms with Crippen LogP contribution in [0.3, 0.4) is 0 Å². The third-order valence-electron chi connectivity index (χ3n) is 9.89. The summed E-state index contributed by atoms with van der Waals surface area (Å²) in [5.74, 6) is 2.35. The summed E-state index contributed by atoms with van der Waals surface area (Å²) >= 11 is 9.39. The Kier molecular flexibility index (Phi) is 14.1. The van der Waals surface area contributed by atoms with E-state index in [2.05, 4.69) is 56.7 Å². The van der Waals surface area contributed by atoms with Crippen molar-refractivity contribution in [3.8, 4) is 62.7 Å². The molecule has 0 saturated carbocycles. The Morgan fingerprint density at radius 3 is 1.75 bits per heavy atom. The number of azide groups is 1. The molecular weight excluding hydrogens is 856 g/mol. The van der Waals surface area contributed by atoms with Crippen molar-refractivity contribution in [3.63, 3.8) is 0 Å². The Labute approximate surface area is 383 Å². The first-order valence-electron chi connectivity index (χ1n) is 19.9. The van der Waals surface area contributed by atoms with Crippen molar-refractivity contribution in [1.29, 1.82) is 10.5 Å². The molecule has 8 rings (SSSR count). The summed E-state index contributed by atoms with van der Waals surface area (Å²) < 4.78 is 6.21. The molecule has 0 aliphatic heterocycles. The van der Waals surface area contributed by atoms with Crippen LogP contribution >= 0.6 is 35.1 Å². The molecule has 0 bridgehead atoms. The van der Waals surface area contributed by atoms with E-state index in [9.17, 15) is 10.5 Å². The van der Waals surface area contributed by atoms with E-state index in [0.29, 0.717) is 69.2 Å². The predicted octanol–water partition coefficient (Wildman–Crippen LogP) is 13.3. The van der Waals surface area contributed by atoms with E-state index in [0.717, 1.165) is 44.5 Å². The minimum atomic E-state index is 0.0809. The molecule has 6 aromatic carbocycles. The van der Waals surface area contributed by atoms with Crippen LogP contribution in [-0.2, 0) is 11.5 Å². The minimum absolute atomic E-state index is 0.0809. The van der Waals surface area contributed by atoms with E-state index in [4.69, 9.17) is 36.8 Å². The highest BCUT2D eigenvalue weighted by molar-refractivity contribution is 7.98. The summed E-state index contributed by atoms with van der Waals surface area (Å²) in [7, 11) is 0. The molecule has 0 aliphatic rings. The van der Waals surface area contributed by atoms with Crippen LogP contribution in [0.15, 0.2) is 173 Å². The fraction of sp³-hybridized carbons (Fsp3) is 0.0800. The van der Waals surface area contributed by atoms with Crippen LogP contribution in [0.25, 0.3) is 55.2 Å². The van der Waals surface area contributed by atoms with Crippen molar-refractivity contribution in [1.82, 2.24) is 19.9 Å². The van der Waals surface area contributed by atoms with Crippen LogP contribution in [0.2, 0.25) is 5.15 Å². The molecule has 2 heterocycles. The zero-order valence-electron chi connectivity index (χ0n) is 34.0. The molecule has 310 valence electrons. The van der Waals surface area contributed by atoms with Gasteiger partial charge in [0.1, 0.15) is 41.4 Å². The van der Waals surface area contributed by atoms with E-state index >= 15 is 0 Å². The fourth-order valence-electron chi connectivity index (χ4n) is 6.69. The molecule has 0 fully saturated rings. The van der Waals surface area contributed by atoms with Gasteiger partial charge in [0.05, 0.1) is 17.9 Å². The number of thioether (sulfide) groups is 2. The molecule has 0 spiro atoms. The third kappa shape index (κ3) is 10.7. The van der Waals surface area contributed by atoms with Gasteiger partial charge in [-0.25, -0.2) is 19.9 Å². The topological polar surface area (TPSA) is 169 Å². The first kappa shape index (κ1) is 43.0. The van der Waals surface area contributed by atoms with E-state index in [-0.39, 0.29) is 10.7 Å². The van der Waals surface area contributed by atoms with Gasteiger partial charge in [0, 0.05) is 33.2 Å². The quantitative estimate of drug-likeness (QED) is 0.0187. The Bertz CT molecular complexity index is 3030. The van der Waals surface area contributed by atoms with Crippen LogP contribution in [0.5, 0.6) is 5.75 Å². The van der Waals surface area contributed by atoms with Gasteiger partial charge >= 0.3 is 0 Å². The zero-order valence-corrected chi connectivity index (χ0v) is 36.4. The number of ether oxygens (including phenoxy) is 1. The maximum atomic E-state index is 10.4. The molecule has 64 heavy (non-hydrogen) atoms. The lowest BCUT2D eigenvalue weighted by molar-refractivity contribution is 0.333. The van der Waals surface area contributed by atoms with E-state index in [1.807, 2.05) is 121 Å². The summed E-state index contributed by atoms with van der Waals surface area (Å²) in [4.78, 5) is 21.6. The summed E-state index contributed by atoms with van der Waals surface area (Å²) in [6, 6.07) is 55.6. The van der Waals surface area contributed by atoms with E-state index in [1.165, 1.54) is 23.5 Å². The number of halogens is 1. The van der Waals surface area contributed by atoms with E-state index < -0.39 is 0 Å². The number of nitrogens with one attached hydrogen (secondary N) is 1. The molecule has 0 amide bonds. The summed E-state index contributed by atoms with van der Waals surface area (Å²) in [5, 5.41) is 28.4. The summed E-state index contributed by atoms with van der Waals surface area (Å²) in [6.07, 6.45) is 0. The predicted molar refractivity (Wildman–Crippen MR) is 255 cm³/mol. The standard InChI is InChI=1S/C50H35ClN10OS2/c51-47-43(29-52)45(56-49(58-47)63-32-34-14-24-41(25-15-34)60-61-54)38-22-18-37(19-23-38)40-12-7-13-42(28-40)62-27-26-55-48-44(30-53)46(57-50(59-48)64-31-33-8-3-1-4-9-33)39-20-16-36(17-21-39)35-10-5-2-6-11-35/h1-25,28H,26-27,31-32H2,(H,55,57,59). The SMILES string of the molecule is N#Cc1c(Cl)nc(SCc2ccc(N=[N+]=[N-])cc2)nc1-c1ccc(-c2cccc(OCCNc3nc(SCc4ccccc4)nc(-c4ccc(-c5ccccc5)cc4)c3C#N)c2)cc1. The van der Waals surface area contributed by atoms with Crippen molar-refractivity contribution in [3.05, 3.63) is 196 Å². The molecule has 0 aliphatic carbocycles. The lowest BCUT2D eigenvalue weighted by Crippen LogP contribution is -2.14. The molecule has 11 nitrogen and oxygen atoms in total. The van der Waals surface area contributed by atoms with Gasteiger partial charge in [-0.05, 0) is 51.0 Å². The molecule has 0 atom stereocenters. The molecule has 0 radical (unpaired) electrons. The third-order valence-corrected chi connectivity index (χ3v) is 12.0. The molecule has 0 saturated heterocycles. The number of nitriles is 2. The van der Waals surface area contributed by atoms with Gasteiger partial charge in [-0.3, -0.25) is 0 Å². The second-order valence-corrected chi connectivity index (χ2v) is 16.3. The van der Waals surface area contributed by atoms with Crippen LogP contribution < -0.4 is 10.1 Å². The molecular formula is C50H35ClN10OS2. The van der Waals surface area contributed by atoms with Gasteiger partial charge in [-0.15, -0.1) is 0 Å². The highest BCUT2D eigenvalue weighted by Gasteiger charge is 2.18. The summed E-state index contributed by atoms with van der Waals surface area (Å²) in [5.41, 5.74) is 18.5. The largest absolute Gasteiger partial charge is 0.492 e. The average Bonchev–Trinajstić information content (AvgIpc) is 3.35. The second-order valence-electron chi connectivity index (χ2n) is 14.1. The highest BCUT2D eigenvalue weighted by Crippen LogP contribution is 2.34. The van der Waals surface area contributed by atoms with Gasteiger partial charge in [-0.2, -0.15) is 10.5 Å².